The lowest BCUT2D eigenvalue weighted by Gasteiger charge is -2.29. The van der Waals surface area contributed by atoms with Crippen LogP contribution < -0.4 is 5.73 Å². The molecule has 26 heavy (non-hydrogen) atoms. The van der Waals surface area contributed by atoms with Crippen molar-refractivity contribution in [3.05, 3.63) is 35.4 Å². The number of primary amides is 1. The molecular formula is C18H22N5O3. The summed E-state index contributed by atoms with van der Waals surface area (Å²) in [4.78, 5) is 28.5. The Morgan fingerprint density at radius 2 is 2.08 bits per heavy atom. The van der Waals surface area contributed by atoms with Gasteiger partial charge >= 0.3 is 0 Å². The molecule has 1 fully saturated rings. The first-order valence-corrected chi connectivity index (χ1v) is 8.84. The highest BCUT2D eigenvalue weighted by atomic mass is 16.5. The van der Waals surface area contributed by atoms with Crippen molar-refractivity contribution < 1.29 is 14.3 Å². The normalized spacial score (nSPS) is 18.8. The first-order valence-electron chi connectivity index (χ1n) is 8.84. The summed E-state index contributed by atoms with van der Waals surface area (Å²) in [6, 6.07) is 3.87. The second-order valence-corrected chi connectivity index (χ2v) is 6.68. The number of fused-ring (bicyclic) bond motifs is 3. The van der Waals surface area contributed by atoms with Crippen molar-refractivity contribution >= 4 is 22.7 Å². The van der Waals surface area contributed by atoms with Crippen molar-refractivity contribution in [3.8, 4) is 0 Å². The van der Waals surface area contributed by atoms with E-state index in [9.17, 15) is 9.59 Å². The molecule has 3 heterocycles. The quantitative estimate of drug-likeness (QED) is 0.807. The van der Waals surface area contributed by atoms with Gasteiger partial charge in [0.05, 0.1) is 25.2 Å². The lowest BCUT2D eigenvalue weighted by molar-refractivity contribution is -0.128. The van der Waals surface area contributed by atoms with Gasteiger partial charge in [-0.3, -0.25) is 19.6 Å². The SMILES string of the molecule is NC(=O)c1n[nH]c2ccc3c(c12)CN(CCN1CCOCC1)C(=O)[CH]C3. The van der Waals surface area contributed by atoms with Gasteiger partial charge in [-0.2, -0.15) is 5.10 Å². The van der Waals surface area contributed by atoms with Crippen LogP contribution in [0.1, 0.15) is 21.6 Å². The summed E-state index contributed by atoms with van der Waals surface area (Å²) in [6.07, 6.45) is 2.25. The maximum atomic E-state index is 12.6. The molecule has 1 aromatic carbocycles. The second-order valence-electron chi connectivity index (χ2n) is 6.68. The molecule has 2 aliphatic rings. The van der Waals surface area contributed by atoms with Crippen LogP contribution in [-0.4, -0.2) is 71.2 Å². The second kappa shape index (κ2) is 7.05. The molecule has 0 saturated carbocycles. The van der Waals surface area contributed by atoms with Crippen molar-refractivity contribution in [2.75, 3.05) is 39.4 Å². The number of aromatic amines is 1. The molecule has 8 heteroatoms. The number of carbonyl (C=O) groups is 2. The Hall–Kier alpha value is -2.45. The summed E-state index contributed by atoms with van der Waals surface area (Å²) in [5.74, 6) is -0.546. The number of rotatable bonds is 4. The zero-order valence-electron chi connectivity index (χ0n) is 14.5. The molecule has 0 spiro atoms. The van der Waals surface area contributed by atoms with Crippen LogP contribution in [0.25, 0.3) is 10.9 Å². The number of H-pyrrole nitrogens is 1. The molecule has 3 N–H and O–H groups in total. The first kappa shape index (κ1) is 17.0. The van der Waals surface area contributed by atoms with E-state index in [1.165, 1.54) is 0 Å². The van der Waals surface area contributed by atoms with E-state index < -0.39 is 5.91 Å². The third-order valence-electron chi connectivity index (χ3n) is 5.12. The molecule has 0 bridgehead atoms. The van der Waals surface area contributed by atoms with E-state index in [1.54, 1.807) is 6.42 Å². The summed E-state index contributed by atoms with van der Waals surface area (Å²) in [5, 5.41) is 7.66. The largest absolute Gasteiger partial charge is 0.379 e. The lowest BCUT2D eigenvalue weighted by atomic mass is 9.98. The summed E-state index contributed by atoms with van der Waals surface area (Å²) in [5.41, 5.74) is 8.47. The van der Waals surface area contributed by atoms with Crippen molar-refractivity contribution in [2.45, 2.75) is 13.0 Å². The summed E-state index contributed by atoms with van der Waals surface area (Å²) < 4.78 is 5.37. The minimum Gasteiger partial charge on any atom is -0.379 e. The Bertz CT molecular complexity index is 841. The van der Waals surface area contributed by atoms with Crippen LogP contribution in [0.4, 0.5) is 0 Å². The van der Waals surface area contributed by atoms with Crippen LogP contribution >= 0.6 is 0 Å². The number of carbonyl (C=O) groups excluding carboxylic acids is 2. The number of aromatic nitrogens is 2. The highest BCUT2D eigenvalue weighted by molar-refractivity contribution is 6.05. The lowest BCUT2D eigenvalue weighted by Crippen LogP contribution is -2.42. The van der Waals surface area contributed by atoms with E-state index in [0.29, 0.717) is 19.5 Å². The van der Waals surface area contributed by atoms with E-state index in [2.05, 4.69) is 15.1 Å². The standard InChI is InChI=1S/C18H22N5O3/c19-18(25)17-16-13-11-23(6-5-22-7-9-26-10-8-22)15(24)4-2-12(13)1-3-14(16)20-21-17/h1,3-4H,2,5-11H2,(H2,19,25)(H,20,21). The van der Waals surface area contributed by atoms with Crippen LogP contribution in [-0.2, 0) is 22.5 Å². The Balaban J connectivity index is 1.62. The van der Waals surface area contributed by atoms with Crippen molar-refractivity contribution in [1.82, 2.24) is 20.0 Å². The summed E-state index contributed by atoms with van der Waals surface area (Å²) in [7, 11) is 0. The number of ether oxygens (including phenoxy) is 1. The fourth-order valence-electron chi connectivity index (χ4n) is 3.65. The van der Waals surface area contributed by atoms with Crippen LogP contribution in [0, 0.1) is 6.42 Å². The fourth-order valence-corrected chi connectivity index (χ4v) is 3.65. The molecule has 1 radical (unpaired) electrons. The highest BCUT2D eigenvalue weighted by Crippen LogP contribution is 2.28. The molecular weight excluding hydrogens is 334 g/mol. The molecule has 4 rings (SSSR count). The summed E-state index contributed by atoms with van der Waals surface area (Å²) in [6.45, 7) is 5.14. The van der Waals surface area contributed by atoms with Crippen LogP contribution in [0.3, 0.4) is 0 Å². The van der Waals surface area contributed by atoms with Gasteiger partial charge in [0.25, 0.3) is 5.91 Å². The van der Waals surface area contributed by atoms with Gasteiger partial charge in [0.1, 0.15) is 0 Å². The number of nitrogens with two attached hydrogens (primary N) is 1. The minimum atomic E-state index is -0.566. The average Bonchev–Trinajstić information content (AvgIpc) is 3.02. The average molecular weight is 356 g/mol. The van der Waals surface area contributed by atoms with Crippen molar-refractivity contribution in [1.29, 1.82) is 0 Å². The molecule has 8 nitrogen and oxygen atoms in total. The highest BCUT2D eigenvalue weighted by Gasteiger charge is 2.25. The molecule has 137 valence electrons. The Kier molecular flexibility index (Phi) is 4.60. The number of hydrogen-bond donors (Lipinski definition) is 2. The predicted octanol–water partition coefficient (Wildman–Crippen LogP) is 0.0830. The monoisotopic (exact) mass is 356 g/mol. The van der Waals surface area contributed by atoms with Gasteiger partial charge in [-0.05, 0) is 23.6 Å². The predicted molar refractivity (Wildman–Crippen MR) is 95.3 cm³/mol. The Morgan fingerprint density at radius 3 is 2.85 bits per heavy atom. The molecule has 0 unspecified atom stereocenters. The minimum absolute atomic E-state index is 0.0201. The molecule has 0 atom stereocenters. The van der Waals surface area contributed by atoms with Crippen LogP contribution in [0.15, 0.2) is 12.1 Å². The molecule has 1 aromatic heterocycles. The zero-order chi connectivity index (χ0) is 18.1. The maximum absolute atomic E-state index is 12.6. The molecule has 2 aliphatic heterocycles. The third kappa shape index (κ3) is 3.17. The molecule has 0 aliphatic carbocycles. The number of hydrogen-bond acceptors (Lipinski definition) is 5. The van der Waals surface area contributed by atoms with Crippen LogP contribution in [0.5, 0.6) is 0 Å². The number of benzene rings is 1. The number of nitrogens with zero attached hydrogens (tertiary/aromatic N) is 3. The molecule has 2 aromatic rings. The van der Waals surface area contributed by atoms with Crippen LogP contribution in [0.2, 0.25) is 0 Å². The van der Waals surface area contributed by atoms with Gasteiger partial charge in [0, 0.05) is 38.1 Å². The summed E-state index contributed by atoms with van der Waals surface area (Å²) >= 11 is 0. The zero-order valence-corrected chi connectivity index (χ0v) is 14.5. The third-order valence-corrected chi connectivity index (χ3v) is 5.12. The molecule has 1 saturated heterocycles. The van der Waals surface area contributed by atoms with Gasteiger partial charge in [-0.25, -0.2) is 0 Å². The number of nitrogens with one attached hydrogen (secondary N) is 1. The van der Waals surface area contributed by atoms with Crippen molar-refractivity contribution in [2.24, 2.45) is 5.73 Å². The van der Waals surface area contributed by atoms with E-state index in [-0.39, 0.29) is 11.6 Å². The van der Waals surface area contributed by atoms with Crippen molar-refractivity contribution in [3.63, 3.8) is 0 Å². The van der Waals surface area contributed by atoms with Gasteiger partial charge in [0.2, 0.25) is 5.91 Å². The van der Waals surface area contributed by atoms with E-state index in [0.717, 1.165) is 54.9 Å². The fraction of sp³-hybridized carbons (Fsp3) is 0.444. The first-order chi connectivity index (χ1) is 12.6. The van der Waals surface area contributed by atoms with Gasteiger partial charge < -0.3 is 15.4 Å². The number of morpholine rings is 1. The van der Waals surface area contributed by atoms with Gasteiger partial charge in [-0.15, -0.1) is 0 Å². The van der Waals surface area contributed by atoms with Gasteiger partial charge in [-0.1, -0.05) is 6.07 Å². The van der Waals surface area contributed by atoms with E-state index in [1.807, 2.05) is 17.0 Å². The van der Waals surface area contributed by atoms with Gasteiger partial charge in [0.15, 0.2) is 5.69 Å². The Morgan fingerprint density at radius 1 is 1.27 bits per heavy atom. The smallest absolute Gasteiger partial charge is 0.269 e. The molecule has 2 amide bonds. The number of amides is 2. The van der Waals surface area contributed by atoms with E-state index in [4.69, 9.17) is 10.5 Å². The topological polar surface area (TPSA) is 105 Å². The Labute approximate surface area is 151 Å². The van der Waals surface area contributed by atoms with E-state index >= 15 is 0 Å². The maximum Gasteiger partial charge on any atom is 0.269 e.